The van der Waals surface area contributed by atoms with E-state index in [0.29, 0.717) is 17.3 Å². The number of carbonyl (C=O) groups is 1. The van der Waals surface area contributed by atoms with Gasteiger partial charge in [-0.05, 0) is 52.5 Å². The van der Waals surface area contributed by atoms with Crippen LogP contribution < -0.4 is 0 Å². The summed E-state index contributed by atoms with van der Waals surface area (Å²) in [4.78, 5) is 14.5. The number of amides is 1. The van der Waals surface area contributed by atoms with E-state index in [4.69, 9.17) is 4.42 Å². The fourth-order valence-corrected chi connectivity index (χ4v) is 3.37. The molecule has 1 heterocycles. The Morgan fingerprint density at radius 2 is 1.89 bits per heavy atom. The van der Waals surface area contributed by atoms with E-state index in [9.17, 15) is 9.18 Å². The summed E-state index contributed by atoms with van der Waals surface area (Å²) >= 11 is 3.47. The van der Waals surface area contributed by atoms with Gasteiger partial charge in [0.05, 0.1) is 18.5 Å². The van der Waals surface area contributed by atoms with Crippen LogP contribution in [0.3, 0.4) is 0 Å². The van der Waals surface area contributed by atoms with Crippen LogP contribution in [0.5, 0.6) is 0 Å². The Labute approximate surface area is 164 Å². The van der Waals surface area contributed by atoms with Crippen molar-refractivity contribution in [3.63, 3.8) is 0 Å². The monoisotopic (exact) mass is 429 g/mol. The molecule has 1 fully saturated rings. The molecule has 3 aromatic rings. The van der Waals surface area contributed by atoms with Gasteiger partial charge in [0.15, 0.2) is 0 Å². The summed E-state index contributed by atoms with van der Waals surface area (Å²) in [6.07, 6.45) is 1.90. The third-order valence-electron chi connectivity index (χ3n) is 4.48. The minimum absolute atomic E-state index is 0.0222. The zero-order valence-corrected chi connectivity index (χ0v) is 16.0. The van der Waals surface area contributed by atoms with Crippen LogP contribution in [-0.2, 0) is 17.8 Å². The van der Waals surface area contributed by atoms with Crippen LogP contribution in [0.2, 0.25) is 0 Å². The van der Waals surface area contributed by atoms with E-state index in [1.165, 1.54) is 6.07 Å². The first-order valence-corrected chi connectivity index (χ1v) is 9.51. The molecule has 4 rings (SSSR count). The van der Waals surface area contributed by atoms with Crippen molar-refractivity contribution in [2.45, 2.75) is 31.8 Å². The average molecular weight is 430 g/mol. The Kier molecular flexibility index (Phi) is 5.03. The van der Waals surface area contributed by atoms with Crippen molar-refractivity contribution in [1.82, 2.24) is 15.1 Å². The van der Waals surface area contributed by atoms with Crippen molar-refractivity contribution in [1.29, 1.82) is 0 Å². The van der Waals surface area contributed by atoms with Gasteiger partial charge in [0, 0.05) is 10.5 Å². The normalized spacial score (nSPS) is 13.6. The Bertz CT molecular complexity index is 971. The lowest BCUT2D eigenvalue weighted by atomic mass is 10.1. The number of benzene rings is 2. The number of halogens is 2. The van der Waals surface area contributed by atoms with E-state index in [2.05, 4.69) is 26.1 Å². The number of hydrogen-bond donors (Lipinski definition) is 0. The molecule has 1 aliphatic rings. The summed E-state index contributed by atoms with van der Waals surface area (Å²) in [5.41, 5.74) is 1.19. The van der Waals surface area contributed by atoms with Crippen molar-refractivity contribution < 1.29 is 13.6 Å². The van der Waals surface area contributed by atoms with Crippen LogP contribution >= 0.6 is 15.9 Å². The van der Waals surface area contributed by atoms with Crippen molar-refractivity contribution >= 4 is 21.8 Å². The summed E-state index contributed by atoms with van der Waals surface area (Å²) in [5, 5.41) is 8.18. The van der Waals surface area contributed by atoms with Crippen molar-refractivity contribution in [3.05, 3.63) is 70.3 Å². The minimum Gasteiger partial charge on any atom is -0.419 e. The van der Waals surface area contributed by atoms with Gasteiger partial charge in [-0.3, -0.25) is 4.79 Å². The molecule has 27 heavy (non-hydrogen) atoms. The van der Waals surface area contributed by atoms with Gasteiger partial charge in [0.2, 0.25) is 17.7 Å². The number of nitrogens with zero attached hydrogens (tertiary/aromatic N) is 3. The van der Waals surface area contributed by atoms with Gasteiger partial charge in [-0.1, -0.05) is 30.3 Å². The third-order valence-corrected chi connectivity index (χ3v) is 5.18. The molecular weight excluding hydrogens is 413 g/mol. The van der Waals surface area contributed by atoms with E-state index in [-0.39, 0.29) is 30.7 Å². The van der Waals surface area contributed by atoms with Crippen LogP contribution in [0.4, 0.5) is 4.39 Å². The number of hydrogen-bond acceptors (Lipinski definition) is 4. The Morgan fingerprint density at radius 3 is 2.63 bits per heavy atom. The summed E-state index contributed by atoms with van der Waals surface area (Å²) in [6, 6.07) is 14.1. The molecule has 1 aromatic heterocycles. The van der Waals surface area contributed by atoms with Crippen LogP contribution in [-0.4, -0.2) is 27.0 Å². The van der Waals surface area contributed by atoms with Gasteiger partial charge < -0.3 is 9.32 Å². The predicted octanol–water partition coefficient (Wildman–Crippen LogP) is 4.37. The zero-order chi connectivity index (χ0) is 18.8. The smallest absolute Gasteiger partial charge is 0.248 e. The Balaban J connectivity index is 1.50. The first-order chi connectivity index (χ1) is 13.1. The molecular formula is C20H17BrFN3O2. The van der Waals surface area contributed by atoms with Crippen molar-refractivity contribution in [2.75, 3.05) is 0 Å². The molecule has 0 radical (unpaired) electrons. The number of aromatic nitrogens is 2. The fraction of sp³-hybridized carbons (Fsp3) is 0.250. The third kappa shape index (κ3) is 4.08. The second-order valence-corrected chi connectivity index (χ2v) is 7.36. The van der Waals surface area contributed by atoms with E-state index in [1.54, 1.807) is 23.1 Å². The first-order valence-electron chi connectivity index (χ1n) is 8.72. The van der Waals surface area contributed by atoms with E-state index >= 15 is 0 Å². The largest absolute Gasteiger partial charge is 0.419 e. The molecule has 7 heteroatoms. The Morgan fingerprint density at radius 1 is 1.15 bits per heavy atom. The van der Waals surface area contributed by atoms with E-state index < -0.39 is 0 Å². The summed E-state index contributed by atoms with van der Waals surface area (Å²) in [7, 11) is 0. The summed E-state index contributed by atoms with van der Waals surface area (Å²) in [5.74, 6) is 0.267. The topological polar surface area (TPSA) is 59.2 Å². The van der Waals surface area contributed by atoms with Gasteiger partial charge in [0.1, 0.15) is 5.82 Å². The summed E-state index contributed by atoms with van der Waals surface area (Å²) < 4.78 is 20.5. The first kappa shape index (κ1) is 17.9. The maximum Gasteiger partial charge on any atom is 0.248 e. The molecule has 0 unspecified atom stereocenters. The molecule has 0 spiro atoms. The van der Waals surface area contributed by atoms with E-state index in [1.807, 2.05) is 24.3 Å². The van der Waals surface area contributed by atoms with Crippen molar-refractivity contribution in [2.24, 2.45) is 0 Å². The van der Waals surface area contributed by atoms with Crippen molar-refractivity contribution in [3.8, 4) is 11.5 Å². The summed E-state index contributed by atoms with van der Waals surface area (Å²) in [6.45, 7) is 0.232. The highest BCUT2D eigenvalue weighted by Gasteiger charge is 2.34. The highest BCUT2D eigenvalue weighted by molar-refractivity contribution is 9.10. The maximum absolute atomic E-state index is 13.9. The lowest BCUT2D eigenvalue weighted by molar-refractivity contribution is -0.132. The van der Waals surface area contributed by atoms with Gasteiger partial charge >= 0.3 is 0 Å². The highest BCUT2D eigenvalue weighted by Crippen LogP contribution is 2.31. The average Bonchev–Trinajstić information content (AvgIpc) is 3.40. The molecule has 1 amide bonds. The standard InChI is InChI=1S/C20H17BrFN3O2/c21-16-7-3-2-6-15(16)20-24-23-18(27-20)12-25(14-9-10-14)19(26)11-13-5-1-4-8-17(13)22/h1-8,14H,9-12H2. The number of rotatable bonds is 6. The quantitative estimate of drug-likeness (QED) is 0.583. The zero-order valence-electron chi connectivity index (χ0n) is 14.4. The van der Waals surface area contributed by atoms with Gasteiger partial charge in [-0.2, -0.15) is 0 Å². The molecule has 0 N–H and O–H groups in total. The van der Waals surface area contributed by atoms with Gasteiger partial charge in [0.25, 0.3) is 0 Å². The second-order valence-electron chi connectivity index (χ2n) is 6.50. The van der Waals surface area contributed by atoms with Crippen LogP contribution in [0, 0.1) is 5.82 Å². The van der Waals surface area contributed by atoms with Crippen LogP contribution in [0.15, 0.2) is 57.4 Å². The molecule has 138 valence electrons. The highest BCUT2D eigenvalue weighted by atomic mass is 79.9. The van der Waals surface area contributed by atoms with Gasteiger partial charge in [-0.25, -0.2) is 4.39 Å². The Hall–Kier alpha value is -2.54. The lowest BCUT2D eigenvalue weighted by Crippen LogP contribution is -2.34. The predicted molar refractivity (Wildman–Crippen MR) is 101 cm³/mol. The van der Waals surface area contributed by atoms with Crippen LogP contribution in [0.1, 0.15) is 24.3 Å². The molecule has 1 saturated carbocycles. The minimum atomic E-state index is -0.365. The number of carbonyl (C=O) groups excluding carboxylic acids is 1. The maximum atomic E-state index is 13.9. The molecule has 0 aliphatic heterocycles. The molecule has 0 atom stereocenters. The molecule has 5 nitrogen and oxygen atoms in total. The second kappa shape index (κ2) is 7.60. The fourth-order valence-electron chi connectivity index (χ4n) is 2.92. The molecule has 0 bridgehead atoms. The molecule has 2 aromatic carbocycles. The SMILES string of the molecule is O=C(Cc1ccccc1F)N(Cc1nnc(-c2ccccc2Br)o1)C1CC1. The molecule has 0 saturated heterocycles. The lowest BCUT2D eigenvalue weighted by Gasteiger charge is -2.20. The van der Waals surface area contributed by atoms with E-state index in [0.717, 1.165) is 22.9 Å². The van der Waals surface area contributed by atoms with Gasteiger partial charge in [-0.15, -0.1) is 10.2 Å². The molecule has 1 aliphatic carbocycles. The van der Waals surface area contributed by atoms with Crippen LogP contribution in [0.25, 0.3) is 11.5 Å².